The zero-order valence-electron chi connectivity index (χ0n) is 10.1. The molecule has 98 valence electrons. The molecule has 1 heterocycles. The van der Waals surface area contributed by atoms with Crippen LogP contribution in [-0.2, 0) is 4.74 Å². The summed E-state index contributed by atoms with van der Waals surface area (Å²) in [5.41, 5.74) is 0.0531. The highest BCUT2D eigenvalue weighted by atomic mass is 19.1. The van der Waals surface area contributed by atoms with Gasteiger partial charge in [0.15, 0.2) is 0 Å². The Morgan fingerprint density at radius 2 is 2.39 bits per heavy atom. The van der Waals surface area contributed by atoms with Gasteiger partial charge >= 0.3 is 0 Å². The van der Waals surface area contributed by atoms with Crippen molar-refractivity contribution in [2.24, 2.45) is 5.92 Å². The van der Waals surface area contributed by atoms with Gasteiger partial charge in [-0.05, 0) is 19.4 Å². The van der Waals surface area contributed by atoms with Gasteiger partial charge in [0.1, 0.15) is 5.82 Å². The van der Waals surface area contributed by atoms with Crippen molar-refractivity contribution in [2.75, 3.05) is 18.5 Å². The van der Waals surface area contributed by atoms with Crippen molar-refractivity contribution in [1.29, 1.82) is 0 Å². The number of hydrogen-bond acceptors (Lipinski definition) is 4. The lowest BCUT2D eigenvalue weighted by molar-refractivity contribution is -0.384. The fourth-order valence-electron chi connectivity index (χ4n) is 2.05. The summed E-state index contributed by atoms with van der Waals surface area (Å²) < 4.78 is 18.8. The number of halogens is 1. The second kappa shape index (κ2) is 5.30. The van der Waals surface area contributed by atoms with Crippen LogP contribution in [0.5, 0.6) is 0 Å². The van der Waals surface area contributed by atoms with Crippen molar-refractivity contribution in [3.05, 3.63) is 34.1 Å². The van der Waals surface area contributed by atoms with E-state index in [1.54, 1.807) is 0 Å². The quantitative estimate of drug-likeness (QED) is 0.662. The summed E-state index contributed by atoms with van der Waals surface area (Å²) in [6.07, 6.45) is 0.921. The summed E-state index contributed by atoms with van der Waals surface area (Å²) in [6, 6.07) is 3.51. The predicted octanol–water partition coefficient (Wildman–Crippen LogP) is 2.57. The van der Waals surface area contributed by atoms with E-state index in [0.29, 0.717) is 19.1 Å². The largest absolute Gasteiger partial charge is 0.381 e. The Morgan fingerprint density at radius 1 is 1.61 bits per heavy atom. The van der Waals surface area contributed by atoms with E-state index in [0.717, 1.165) is 18.6 Å². The Bertz CT molecular complexity index is 447. The van der Waals surface area contributed by atoms with E-state index < -0.39 is 10.7 Å². The number of rotatable bonds is 4. The second-order valence-corrected chi connectivity index (χ2v) is 4.48. The van der Waals surface area contributed by atoms with Gasteiger partial charge in [-0.1, -0.05) is 0 Å². The maximum Gasteiger partial charge on any atom is 0.271 e. The van der Waals surface area contributed by atoms with E-state index in [2.05, 4.69) is 5.32 Å². The van der Waals surface area contributed by atoms with Gasteiger partial charge in [-0.3, -0.25) is 10.1 Å². The molecule has 6 heteroatoms. The van der Waals surface area contributed by atoms with Gasteiger partial charge in [0.25, 0.3) is 5.69 Å². The maximum atomic E-state index is 13.6. The molecule has 2 rings (SSSR count). The lowest BCUT2D eigenvalue weighted by Crippen LogP contribution is -2.26. The molecule has 0 radical (unpaired) electrons. The lowest BCUT2D eigenvalue weighted by Gasteiger charge is -2.20. The zero-order chi connectivity index (χ0) is 13.1. The van der Waals surface area contributed by atoms with Gasteiger partial charge in [-0.15, -0.1) is 0 Å². The third-order valence-corrected chi connectivity index (χ3v) is 3.22. The molecule has 1 aromatic carbocycles. The average Bonchev–Trinajstić information content (AvgIpc) is 2.85. The smallest absolute Gasteiger partial charge is 0.271 e. The predicted molar refractivity (Wildman–Crippen MR) is 65.1 cm³/mol. The molecule has 0 saturated carbocycles. The molecule has 5 nitrogen and oxygen atoms in total. The molecule has 2 unspecified atom stereocenters. The summed E-state index contributed by atoms with van der Waals surface area (Å²) in [5.74, 6) is -0.171. The summed E-state index contributed by atoms with van der Waals surface area (Å²) in [6.45, 7) is 3.29. The first-order valence-electron chi connectivity index (χ1n) is 5.86. The molecule has 0 bridgehead atoms. The maximum absolute atomic E-state index is 13.6. The minimum Gasteiger partial charge on any atom is -0.381 e. The monoisotopic (exact) mass is 254 g/mol. The highest BCUT2D eigenvalue weighted by molar-refractivity contribution is 5.52. The SMILES string of the molecule is CC(Nc1cc([N+](=O)[O-])ccc1F)C1CCOC1. The van der Waals surface area contributed by atoms with Crippen molar-refractivity contribution in [2.45, 2.75) is 19.4 Å². The molecule has 0 amide bonds. The van der Waals surface area contributed by atoms with Crippen molar-refractivity contribution in [1.82, 2.24) is 0 Å². The first-order chi connectivity index (χ1) is 8.58. The second-order valence-electron chi connectivity index (χ2n) is 4.48. The third-order valence-electron chi connectivity index (χ3n) is 3.22. The summed E-state index contributed by atoms with van der Waals surface area (Å²) in [4.78, 5) is 10.1. The first kappa shape index (κ1) is 12.8. The van der Waals surface area contributed by atoms with E-state index in [-0.39, 0.29) is 17.4 Å². The van der Waals surface area contributed by atoms with Gasteiger partial charge in [0, 0.05) is 30.7 Å². The highest BCUT2D eigenvalue weighted by Gasteiger charge is 2.23. The van der Waals surface area contributed by atoms with Crippen LogP contribution < -0.4 is 5.32 Å². The van der Waals surface area contributed by atoms with Crippen molar-refractivity contribution in [3.63, 3.8) is 0 Å². The Morgan fingerprint density at radius 3 is 3.00 bits per heavy atom. The number of non-ortho nitro benzene ring substituents is 1. The number of anilines is 1. The molecule has 0 aromatic heterocycles. The summed E-state index contributed by atoms with van der Waals surface area (Å²) in [5, 5.41) is 13.6. The van der Waals surface area contributed by atoms with Crippen LogP contribution in [0.1, 0.15) is 13.3 Å². The normalized spacial score (nSPS) is 20.7. The number of nitro benzene ring substituents is 1. The molecule has 2 atom stereocenters. The van der Waals surface area contributed by atoms with Crippen molar-refractivity contribution < 1.29 is 14.1 Å². The van der Waals surface area contributed by atoms with Gasteiger partial charge in [0.2, 0.25) is 0 Å². The van der Waals surface area contributed by atoms with Crippen molar-refractivity contribution in [3.8, 4) is 0 Å². The molecule has 1 fully saturated rings. The highest BCUT2D eigenvalue weighted by Crippen LogP contribution is 2.25. The molecule has 1 aliphatic heterocycles. The average molecular weight is 254 g/mol. The molecule has 1 N–H and O–H groups in total. The fraction of sp³-hybridized carbons (Fsp3) is 0.500. The molecule has 0 aliphatic carbocycles. The third kappa shape index (κ3) is 2.76. The van der Waals surface area contributed by atoms with E-state index in [4.69, 9.17) is 4.74 Å². The Kier molecular flexibility index (Phi) is 3.76. The standard InChI is InChI=1S/C12H15FN2O3/c1-8(9-4-5-18-7-9)14-12-6-10(15(16)17)2-3-11(12)13/h2-3,6,8-9,14H,4-5,7H2,1H3. The number of nitrogens with one attached hydrogen (secondary N) is 1. The van der Waals surface area contributed by atoms with Crippen LogP contribution in [-0.4, -0.2) is 24.2 Å². The van der Waals surface area contributed by atoms with Gasteiger partial charge in [-0.2, -0.15) is 0 Å². The molecular formula is C12H15FN2O3. The van der Waals surface area contributed by atoms with E-state index >= 15 is 0 Å². The van der Waals surface area contributed by atoms with Crippen molar-refractivity contribution >= 4 is 11.4 Å². The Balaban J connectivity index is 2.12. The first-order valence-corrected chi connectivity index (χ1v) is 5.86. The van der Waals surface area contributed by atoms with E-state index in [1.807, 2.05) is 6.92 Å². The number of nitrogens with zero attached hydrogens (tertiary/aromatic N) is 1. The topological polar surface area (TPSA) is 64.4 Å². The van der Waals surface area contributed by atoms with Gasteiger partial charge in [0.05, 0.1) is 17.2 Å². The van der Waals surface area contributed by atoms with E-state index in [9.17, 15) is 14.5 Å². The molecule has 1 aliphatic rings. The number of hydrogen-bond donors (Lipinski definition) is 1. The van der Waals surface area contributed by atoms with Crippen LogP contribution in [0.3, 0.4) is 0 Å². The lowest BCUT2D eigenvalue weighted by atomic mass is 10.0. The molecular weight excluding hydrogens is 239 g/mol. The number of ether oxygens (including phenoxy) is 1. The van der Waals surface area contributed by atoms with Gasteiger partial charge < -0.3 is 10.1 Å². The zero-order valence-corrected chi connectivity index (χ0v) is 10.1. The van der Waals surface area contributed by atoms with Crippen LogP contribution in [0.2, 0.25) is 0 Å². The molecule has 18 heavy (non-hydrogen) atoms. The van der Waals surface area contributed by atoms with Gasteiger partial charge in [-0.25, -0.2) is 4.39 Å². The van der Waals surface area contributed by atoms with Crippen LogP contribution in [0.4, 0.5) is 15.8 Å². The molecule has 1 saturated heterocycles. The van der Waals surface area contributed by atoms with Crippen LogP contribution in [0.25, 0.3) is 0 Å². The van der Waals surface area contributed by atoms with Crippen LogP contribution >= 0.6 is 0 Å². The van der Waals surface area contributed by atoms with E-state index in [1.165, 1.54) is 6.07 Å². The molecule has 0 spiro atoms. The Labute approximate surface area is 104 Å². The van der Waals surface area contributed by atoms with Crippen LogP contribution in [0, 0.1) is 21.8 Å². The minimum absolute atomic E-state index is 0.0176. The Hall–Kier alpha value is -1.69. The van der Waals surface area contributed by atoms with Crippen LogP contribution in [0.15, 0.2) is 18.2 Å². The number of nitro groups is 1. The fourth-order valence-corrected chi connectivity index (χ4v) is 2.05. The number of benzene rings is 1. The summed E-state index contributed by atoms with van der Waals surface area (Å²) in [7, 11) is 0. The molecule has 1 aromatic rings. The summed E-state index contributed by atoms with van der Waals surface area (Å²) >= 11 is 0. The minimum atomic E-state index is -0.534.